The molecule has 0 radical (unpaired) electrons. The number of carbonyl (C=O) groups excluding carboxylic acids is 3. The average Bonchev–Trinajstić information content (AvgIpc) is 2.61. The minimum absolute atomic E-state index is 0.0499. The summed E-state index contributed by atoms with van der Waals surface area (Å²) in [6, 6.07) is 13.6. The van der Waals surface area contributed by atoms with Crippen molar-refractivity contribution in [1.29, 1.82) is 0 Å². The van der Waals surface area contributed by atoms with Crippen LogP contribution in [0.2, 0.25) is 5.02 Å². The summed E-state index contributed by atoms with van der Waals surface area (Å²) in [5.41, 5.74) is 5.75. The molecule has 1 heterocycles. The Morgan fingerprint density at radius 1 is 1.08 bits per heavy atom. The molecule has 0 aromatic heterocycles. The first-order chi connectivity index (χ1) is 12.0. The molecule has 8 heteroatoms. The monoisotopic (exact) mass is 375 g/mol. The molecular formula is C17H14ClN3O3S. The summed E-state index contributed by atoms with van der Waals surface area (Å²) in [7, 11) is 0. The van der Waals surface area contributed by atoms with Crippen molar-refractivity contribution in [3.05, 3.63) is 59.1 Å². The zero-order chi connectivity index (χ0) is 17.8. The topological polar surface area (TPSA) is 87.3 Å². The van der Waals surface area contributed by atoms with Gasteiger partial charge in [-0.15, -0.1) is 11.8 Å². The number of thioether (sulfide) groups is 1. The van der Waals surface area contributed by atoms with E-state index in [1.54, 1.807) is 24.3 Å². The predicted molar refractivity (Wildman–Crippen MR) is 96.4 cm³/mol. The molecule has 1 unspecified atom stereocenters. The van der Waals surface area contributed by atoms with Gasteiger partial charge in [0.1, 0.15) is 0 Å². The number of fused-ring (bicyclic) bond motifs is 1. The lowest BCUT2D eigenvalue weighted by atomic mass is 10.2. The van der Waals surface area contributed by atoms with Crippen LogP contribution in [-0.4, -0.2) is 23.0 Å². The molecule has 6 nitrogen and oxygen atoms in total. The lowest BCUT2D eigenvalue weighted by Gasteiger charge is -2.23. The molecule has 2 aromatic rings. The minimum Gasteiger partial charge on any atom is -0.324 e. The van der Waals surface area contributed by atoms with E-state index >= 15 is 0 Å². The van der Waals surface area contributed by atoms with Gasteiger partial charge in [0.15, 0.2) is 0 Å². The number of hydrogen-bond acceptors (Lipinski definition) is 4. The molecule has 0 saturated heterocycles. The van der Waals surface area contributed by atoms with Gasteiger partial charge in [0.05, 0.1) is 10.9 Å². The van der Waals surface area contributed by atoms with Gasteiger partial charge in [-0.05, 0) is 36.4 Å². The van der Waals surface area contributed by atoms with Crippen LogP contribution in [0.5, 0.6) is 0 Å². The van der Waals surface area contributed by atoms with Crippen molar-refractivity contribution in [3.63, 3.8) is 0 Å². The third-order valence-corrected chi connectivity index (χ3v) is 5.03. The first-order valence-corrected chi connectivity index (χ1v) is 8.70. The highest BCUT2D eigenvalue weighted by molar-refractivity contribution is 8.01. The molecule has 0 bridgehead atoms. The zero-order valence-corrected chi connectivity index (χ0v) is 14.5. The molecule has 0 spiro atoms. The molecule has 3 amide bonds. The van der Waals surface area contributed by atoms with Gasteiger partial charge in [-0.2, -0.15) is 0 Å². The Kier molecular flexibility index (Phi) is 5.25. The average molecular weight is 376 g/mol. The Morgan fingerprint density at radius 2 is 1.80 bits per heavy atom. The predicted octanol–water partition coefficient (Wildman–Crippen LogP) is 2.60. The molecule has 3 rings (SSSR count). The Labute approximate surface area is 153 Å². The standard InChI is InChI=1S/C17H14ClN3O3S/c18-11-7-5-10(6-8-11)16(23)21-20-15(22)9-14-17(24)19-12-3-1-2-4-13(12)25-14/h1-8,14H,9H2,(H,19,24)(H,20,22)(H,21,23). The summed E-state index contributed by atoms with van der Waals surface area (Å²) >= 11 is 7.09. The summed E-state index contributed by atoms with van der Waals surface area (Å²) in [5, 5.41) is 2.73. The summed E-state index contributed by atoms with van der Waals surface area (Å²) in [6.07, 6.45) is -0.0499. The van der Waals surface area contributed by atoms with Crippen molar-refractivity contribution in [3.8, 4) is 0 Å². The normalized spacial score (nSPS) is 15.7. The zero-order valence-electron chi connectivity index (χ0n) is 12.9. The number of benzene rings is 2. The second-order valence-corrected chi connectivity index (χ2v) is 6.99. The molecule has 1 aliphatic rings. The number of rotatable bonds is 3. The quantitative estimate of drug-likeness (QED) is 0.719. The van der Waals surface area contributed by atoms with E-state index in [2.05, 4.69) is 16.2 Å². The highest BCUT2D eigenvalue weighted by Crippen LogP contribution is 2.36. The molecule has 2 aromatic carbocycles. The highest BCUT2D eigenvalue weighted by Gasteiger charge is 2.28. The Bertz CT molecular complexity index is 826. The fraction of sp³-hybridized carbons (Fsp3) is 0.118. The number of halogens is 1. The van der Waals surface area contributed by atoms with Crippen molar-refractivity contribution in [2.75, 3.05) is 5.32 Å². The Balaban J connectivity index is 1.53. The molecule has 1 atom stereocenters. The molecule has 25 heavy (non-hydrogen) atoms. The molecule has 0 fully saturated rings. The van der Waals surface area contributed by atoms with Gasteiger partial charge in [-0.25, -0.2) is 0 Å². The van der Waals surface area contributed by atoms with Gasteiger partial charge in [0, 0.05) is 21.9 Å². The smallest absolute Gasteiger partial charge is 0.269 e. The number of para-hydroxylation sites is 1. The summed E-state index contributed by atoms with van der Waals surface area (Å²) in [4.78, 5) is 36.9. The maximum Gasteiger partial charge on any atom is 0.269 e. The van der Waals surface area contributed by atoms with Crippen molar-refractivity contribution in [1.82, 2.24) is 10.9 Å². The van der Waals surface area contributed by atoms with Gasteiger partial charge in [0.25, 0.3) is 5.91 Å². The number of carbonyl (C=O) groups is 3. The number of nitrogens with one attached hydrogen (secondary N) is 3. The van der Waals surface area contributed by atoms with Crippen LogP contribution in [0.25, 0.3) is 0 Å². The van der Waals surface area contributed by atoms with Crippen LogP contribution in [0.1, 0.15) is 16.8 Å². The number of hydrazine groups is 1. The SMILES string of the molecule is O=C(CC1Sc2ccccc2NC1=O)NNC(=O)c1ccc(Cl)cc1. The second-order valence-electron chi connectivity index (χ2n) is 5.31. The first kappa shape index (κ1) is 17.3. The van der Waals surface area contributed by atoms with Crippen LogP contribution in [0.15, 0.2) is 53.4 Å². The van der Waals surface area contributed by atoms with Crippen LogP contribution in [0, 0.1) is 0 Å². The van der Waals surface area contributed by atoms with Crippen molar-refractivity contribution >= 4 is 46.8 Å². The lowest BCUT2D eigenvalue weighted by molar-refractivity contribution is -0.124. The van der Waals surface area contributed by atoms with E-state index in [-0.39, 0.29) is 12.3 Å². The van der Waals surface area contributed by atoms with Crippen LogP contribution in [0.4, 0.5) is 5.69 Å². The maximum atomic E-state index is 12.1. The van der Waals surface area contributed by atoms with Gasteiger partial charge in [-0.1, -0.05) is 23.7 Å². The number of amides is 3. The third kappa shape index (κ3) is 4.32. The minimum atomic E-state index is -0.553. The van der Waals surface area contributed by atoms with Gasteiger partial charge in [-0.3, -0.25) is 25.2 Å². The molecule has 1 aliphatic heterocycles. The number of hydrogen-bond donors (Lipinski definition) is 3. The van der Waals surface area contributed by atoms with Crippen molar-refractivity contribution in [2.45, 2.75) is 16.6 Å². The van der Waals surface area contributed by atoms with E-state index in [0.29, 0.717) is 10.6 Å². The van der Waals surface area contributed by atoms with Crippen LogP contribution in [0.3, 0.4) is 0 Å². The molecule has 0 aliphatic carbocycles. The van der Waals surface area contributed by atoms with Gasteiger partial charge >= 0.3 is 0 Å². The lowest BCUT2D eigenvalue weighted by Crippen LogP contribution is -2.44. The summed E-state index contributed by atoms with van der Waals surface area (Å²) in [5.74, 6) is -1.15. The first-order valence-electron chi connectivity index (χ1n) is 7.44. The summed E-state index contributed by atoms with van der Waals surface area (Å²) < 4.78 is 0. The molecule has 0 saturated carbocycles. The van der Waals surface area contributed by atoms with Crippen LogP contribution < -0.4 is 16.2 Å². The van der Waals surface area contributed by atoms with Gasteiger partial charge < -0.3 is 5.32 Å². The Morgan fingerprint density at radius 3 is 2.56 bits per heavy atom. The van der Waals surface area contributed by atoms with Crippen LogP contribution in [-0.2, 0) is 9.59 Å². The highest BCUT2D eigenvalue weighted by atomic mass is 35.5. The Hall–Kier alpha value is -2.51. The maximum absolute atomic E-state index is 12.1. The fourth-order valence-corrected chi connectivity index (χ4v) is 3.48. The number of anilines is 1. The second kappa shape index (κ2) is 7.58. The van der Waals surface area contributed by atoms with E-state index in [4.69, 9.17) is 11.6 Å². The van der Waals surface area contributed by atoms with Crippen molar-refractivity contribution < 1.29 is 14.4 Å². The van der Waals surface area contributed by atoms with E-state index < -0.39 is 17.1 Å². The van der Waals surface area contributed by atoms with Gasteiger partial charge in [0.2, 0.25) is 11.8 Å². The molecular weight excluding hydrogens is 362 g/mol. The third-order valence-electron chi connectivity index (χ3n) is 3.50. The fourth-order valence-electron chi connectivity index (χ4n) is 2.25. The summed E-state index contributed by atoms with van der Waals surface area (Å²) in [6.45, 7) is 0. The van der Waals surface area contributed by atoms with Crippen LogP contribution >= 0.6 is 23.4 Å². The molecule has 3 N–H and O–H groups in total. The van der Waals surface area contributed by atoms with E-state index in [1.165, 1.54) is 11.8 Å². The van der Waals surface area contributed by atoms with Crippen molar-refractivity contribution in [2.24, 2.45) is 0 Å². The molecule has 128 valence electrons. The van der Waals surface area contributed by atoms with E-state index in [9.17, 15) is 14.4 Å². The van der Waals surface area contributed by atoms with E-state index in [0.717, 1.165) is 10.6 Å². The largest absolute Gasteiger partial charge is 0.324 e. The van der Waals surface area contributed by atoms with E-state index in [1.807, 2.05) is 24.3 Å².